The van der Waals surface area contributed by atoms with E-state index >= 15 is 0 Å². The van der Waals surface area contributed by atoms with Crippen LogP contribution >= 0.6 is 0 Å². The van der Waals surface area contributed by atoms with Crippen LogP contribution in [0.4, 0.5) is 0 Å². The molecule has 1 fully saturated rings. The van der Waals surface area contributed by atoms with Crippen molar-refractivity contribution in [1.29, 1.82) is 0 Å². The summed E-state index contributed by atoms with van der Waals surface area (Å²) in [5, 5.41) is 11.6. The van der Waals surface area contributed by atoms with Crippen LogP contribution < -0.4 is 9.80 Å². The molecule has 0 aliphatic carbocycles. The lowest BCUT2D eigenvalue weighted by Crippen LogP contribution is -3.26. The van der Waals surface area contributed by atoms with Crippen LogP contribution in [0.25, 0.3) is 10.9 Å². The van der Waals surface area contributed by atoms with Crippen LogP contribution in [0.15, 0.2) is 12.1 Å². The number of nitrogens with one attached hydrogen (secondary N) is 2. The number of carbonyl (C=O) groups is 1. The van der Waals surface area contributed by atoms with E-state index in [0.717, 1.165) is 74.3 Å². The van der Waals surface area contributed by atoms with Crippen LogP contribution in [0.2, 0.25) is 0 Å². The fraction of sp³-hybridized carbons (Fsp3) is 0.591. The van der Waals surface area contributed by atoms with Gasteiger partial charge in [-0.05, 0) is 32.4 Å². The van der Waals surface area contributed by atoms with Crippen LogP contribution in [0.3, 0.4) is 0 Å². The zero-order valence-electron chi connectivity index (χ0n) is 17.7. The summed E-state index contributed by atoms with van der Waals surface area (Å²) in [6, 6.07) is 3.73. The lowest BCUT2D eigenvalue weighted by molar-refractivity contribution is -1.01. The van der Waals surface area contributed by atoms with E-state index in [4.69, 9.17) is 4.74 Å². The Kier molecular flexibility index (Phi) is 6.62. The van der Waals surface area contributed by atoms with Crippen molar-refractivity contribution in [3.05, 3.63) is 29.0 Å². The van der Waals surface area contributed by atoms with Crippen LogP contribution in [-0.2, 0) is 17.8 Å². The number of phenols is 1. The second-order valence-electron chi connectivity index (χ2n) is 8.03. The summed E-state index contributed by atoms with van der Waals surface area (Å²) in [5.74, 6) is -0.00520. The van der Waals surface area contributed by atoms with Gasteiger partial charge in [-0.3, -0.25) is 0 Å². The fourth-order valence-corrected chi connectivity index (χ4v) is 4.32. The third-order valence-corrected chi connectivity index (χ3v) is 6.03. The predicted molar refractivity (Wildman–Crippen MR) is 110 cm³/mol. The summed E-state index contributed by atoms with van der Waals surface area (Å²) in [6.07, 6.45) is 2.14. The monoisotopic (exact) mass is 389 g/mol. The Balaban J connectivity index is 2.11. The van der Waals surface area contributed by atoms with E-state index < -0.39 is 0 Å². The van der Waals surface area contributed by atoms with Gasteiger partial charge in [-0.1, -0.05) is 13.3 Å². The van der Waals surface area contributed by atoms with Crippen molar-refractivity contribution in [3.63, 3.8) is 0 Å². The van der Waals surface area contributed by atoms with Gasteiger partial charge in [-0.25, -0.2) is 4.79 Å². The van der Waals surface area contributed by atoms with Gasteiger partial charge < -0.3 is 24.2 Å². The number of fused-ring (bicyclic) bond motifs is 1. The van der Waals surface area contributed by atoms with Gasteiger partial charge >= 0.3 is 5.97 Å². The highest BCUT2D eigenvalue weighted by molar-refractivity contribution is 6.07. The van der Waals surface area contributed by atoms with Gasteiger partial charge in [-0.15, -0.1) is 0 Å². The van der Waals surface area contributed by atoms with E-state index in [1.807, 2.05) is 19.9 Å². The third kappa shape index (κ3) is 4.03. The molecule has 2 aromatic rings. The number of aryl methyl sites for hydroxylation is 1. The van der Waals surface area contributed by atoms with Gasteiger partial charge in [0.2, 0.25) is 0 Å². The lowest BCUT2D eigenvalue weighted by Gasteiger charge is -2.27. The molecule has 0 saturated carbocycles. The smallest absolute Gasteiger partial charge is 0.340 e. The first-order valence-electron chi connectivity index (χ1n) is 10.6. The minimum atomic E-state index is -0.287. The number of unbranched alkanes of at least 4 members (excludes halogenated alkanes) is 1. The molecule has 0 amide bonds. The zero-order valence-corrected chi connectivity index (χ0v) is 17.7. The van der Waals surface area contributed by atoms with Crippen molar-refractivity contribution in [2.45, 2.75) is 46.7 Å². The van der Waals surface area contributed by atoms with Crippen LogP contribution in [0.1, 0.15) is 48.3 Å². The van der Waals surface area contributed by atoms with E-state index in [-0.39, 0.29) is 11.7 Å². The number of aromatic hydroxyl groups is 1. The number of esters is 1. The van der Waals surface area contributed by atoms with E-state index in [0.29, 0.717) is 12.2 Å². The molecule has 28 heavy (non-hydrogen) atoms. The molecule has 0 atom stereocenters. The van der Waals surface area contributed by atoms with Crippen molar-refractivity contribution in [1.82, 2.24) is 4.57 Å². The van der Waals surface area contributed by atoms with Gasteiger partial charge in [0, 0.05) is 23.1 Å². The van der Waals surface area contributed by atoms with Gasteiger partial charge in [0.15, 0.2) is 0 Å². The maximum absolute atomic E-state index is 12.8. The predicted octanol–water partition coefficient (Wildman–Crippen LogP) is 0.545. The van der Waals surface area contributed by atoms with E-state index in [1.165, 1.54) is 4.90 Å². The van der Waals surface area contributed by atoms with Crippen LogP contribution in [0.5, 0.6) is 5.75 Å². The Hall–Kier alpha value is -2.05. The number of piperazine rings is 1. The average Bonchev–Trinajstić information content (AvgIpc) is 2.96. The summed E-state index contributed by atoms with van der Waals surface area (Å²) in [5.41, 5.74) is 3.47. The molecule has 0 bridgehead atoms. The summed E-state index contributed by atoms with van der Waals surface area (Å²) in [4.78, 5) is 15.9. The third-order valence-electron chi connectivity index (χ3n) is 6.03. The van der Waals surface area contributed by atoms with E-state index in [2.05, 4.69) is 18.5 Å². The molecule has 3 rings (SSSR count). The Labute approximate surface area is 167 Å². The highest BCUT2D eigenvalue weighted by Gasteiger charge is 2.28. The molecule has 0 unspecified atom stereocenters. The normalized spacial score (nSPS) is 19.9. The molecule has 6 heteroatoms. The molecule has 154 valence electrons. The summed E-state index contributed by atoms with van der Waals surface area (Å²) >= 11 is 0. The number of ether oxygens (including phenoxy) is 1. The number of quaternary nitrogens is 2. The second-order valence-corrected chi connectivity index (χ2v) is 8.03. The molecule has 0 radical (unpaired) electrons. The maximum Gasteiger partial charge on any atom is 0.340 e. The van der Waals surface area contributed by atoms with Crippen LogP contribution in [-0.4, -0.2) is 55.5 Å². The van der Waals surface area contributed by atoms with Crippen LogP contribution in [0, 0.1) is 6.92 Å². The standard InChI is InChI=1S/C22H33N3O3/c1-5-7-10-25-16(3)20(22(27)28-6-2)21-17(19(26)9-8-18(21)25)15-24-13-11-23(4)12-14-24/h8-9,26H,5-7,10-15H2,1-4H3/p+2. The number of likely N-dealkylation sites (N-methyl/N-ethyl adjacent to an activating group) is 1. The number of benzene rings is 1. The van der Waals surface area contributed by atoms with Crippen molar-refractivity contribution >= 4 is 16.9 Å². The fourth-order valence-electron chi connectivity index (χ4n) is 4.32. The Morgan fingerprint density at radius 2 is 1.93 bits per heavy atom. The Morgan fingerprint density at radius 1 is 1.21 bits per heavy atom. The lowest BCUT2D eigenvalue weighted by atomic mass is 10.0. The van der Waals surface area contributed by atoms with Gasteiger partial charge in [0.05, 0.1) is 24.8 Å². The molecule has 3 N–H and O–H groups in total. The molecule has 1 aromatic carbocycles. The molecule has 1 aliphatic heterocycles. The van der Waals surface area contributed by atoms with E-state index in [1.54, 1.807) is 11.0 Å². The number of aromatic nitrogens is 1. The highest BCUT2D eigenvalue weighted by atomic mass is 16.5. The number of hydrogen-bond acceptors (Lipinski definition) is 3. The molecular weight excluding hydrogens is 354 g/mol. The molecular formula is C22H35N3O3+2. The molecule has 0 spiro atoms. The zero-order chi connectivity index (χ0) is 20.3. The second kappa shape index (κ2) is 8.97. The molecule has 1 aromatic heterocycles. The first-order valence-corrected chi connectivity index (χ1v) is 10.6. The maximum atomic E-state index is 12.8. The number of rotatable bonds is 7. The number of carbonyl (C=O) groups excluding carboxylic acids is 1. The van der Waals surface area contributed by atoms with Crippen molar-refractivity contribution in [2.24, 2.45) is 0 Å². The first-order chi connectivity index (χ1) is 13.5. The Morgan fingerprint density at radius 3 is 2.57 bits per heavy atom. The minimum Gasteiger partial charge on any atom is -0.507 e. The Bertz CT molecular complexity index is 835. The minimum absolute atomic E-state index is 0.282. The number of nitrogens with zero attached hydrogens (tertiary/aromatic N) is 1. The summed E-state index contributed by atoms with van der Waals surface area (Å²) in [7, 11) is 2.23. The topological polar surface area (TPSA) is 60.3 Å². The van der Waals surface area contributed by atoms with Crippen molar-refractivity contribution in [3.8, 4) is 5.75 Å². The summed E-state index contributed by atoms with van der Waals surface area (Å²) in [6.45, 7) is 12.4. The molecule has 1 aliphatic rings. The van der Waals surface area contributed by atoms with E-state index in [9.17, 15) is 9.90 Å². The average molecular weight is 390 g/mol. The molecule has 2 heterocycles. The molecule has 6 nitrogen and oxygen atoms in total. The molecule has 1 saturated heterocycles. The first kappa shape index (κ1) is 20.7. The van der Waals surface area contributed by atoms with Gasteiger partial charge in [0.25, 0.3) is 0 Å². The highest BCUT2D eigenvalue weighted by Crippen LogP contribution is 2.34. The SMILES string of the molecule is CCCCn1c(C)c(C(=O)OCC)c2c(C[NH+]3CC[NH+](C)CC3)c(O)ccc21. The largest absolute Gasteiger partial charge is 0.507 e. The number of phenolic OH excluding ortho intramolecular Hbond substituents is 1. The summed E-state index contributed by atoms with van der Waals surface area (Å²) < 4.78 is 7.61. The van der Waals surface area contributed by atoms with Gasteiger partial charge in [0.1, 0.15) is 38.5 Å². The van der Waals surface area contributed by atoms with Crippen molar-refractivity contribution in [2.75, 3.05) is 39.8 Å². The quantitative estimate of drug-likeness (QED) is 0.606. The van der Waals surface area contributed by atoms with Gasteiger partial charge in [-0.2, -0.15) is 0 Å². The number of hydrogen-bond donors (Lipinski definition) is 3. The van der Waals surface area contributed by atoms with Crippen molar-refractivity contribution < 1.29 is 24.4 Å².